The molecule has 24 heavy (non-hydrogen) atoms. The molecule has 1 N–H and O–H groups in total. The maximum absolute atomic E-state index is 12.3. The molecule has 1 unspecified atom stereocenters. The minimum atomic E-state index is -0.166. The number of nitrogens with zero attached hydrogens (tertiary/aromatic N) is 4. The van der Waals surface area contributed by atoms with Crippen LogP contribution in [-0.4, -0.2) is 54.0 Å². The SMILES string of the molecule is CC1Cc2ccccc2N1c1cc(C(=O)NCCN(C)C)ncn1. The molecule has 1 aromatic heterocycles. The topological polar surface area (TPSA) is 61.4 Å². The Labute approximate surface area is 142 Å². The number of nitrogens with one attached hydrogen (secondary N) is 1. The number of aromatic nitrogens is 2. The molecule has 0 bridgehead atoms. The van der Waals surface area contributed by atoms with Crippen LogP contribution in [0, 0.1) is 0 Å². The Bertz CT molecular complexity index is 731. The molecule has 0 aliphatic carbocycles. The summed E-state index contributed by atoms with van der Waals surface area (Å²) in [4.78, 5) is 25.0. The number of rotatable bonds is 5. The fourth-order valence-corrected chi connectivity index (χ4v) is 3.00. The van der Waals surface area contributed by atoms with Gasteiger partial charge in [-0.05, 0) is 39.1 Å². The second-order valence-electron chi connectivity index (χ2n) is 6.37. The summed E-state index contributed by atoms with van der Waals surface area (Å²) in [7, 11) is 3.95. The van der Waals surface area contributed by atoms with Crippen molar-refractivity contribution < 1.29 is 4.79 Å². The minimum Gasteiger partial charge on any atom is -0.349 e. The van der Waals surface area contributed by atoms with E-state index in [1.807, 2.05) is 25.1 Å². The zero-order chi connectivity index (χ0) is 17.1. The number of hydrogen-bond acceptors (Lipinski definition) is 5. The van der Waals surface area contributed by atoms with Gasteiger partial charge in [-0.25, -0.2) is 9.97 Å². The van der Waals surface area contributed by atoms with Crippen LogP contribution in [0.2, 0.25) is 0 Å². The molecule has 126 valence electrons. The molecule has 0 spiro atoms. The van der Waals surface area contributed by atoms with Gasteiger partial charge in [0.1, 0.15) is 17.8 Å². The number of likely N-dealkylation sites (N-methyl/N-ethyl adjacent to an activating group) is 1. The van der Waals surface area contributed by atoms with Crippen LogP contribution in [-0.2, 0) is 6.42 Å². The molecule has 1 aliphatic rings. The summed E-state index contributed by atoms with van der Waals surface area (Å²) in [5.74, 6) is 0.598. The van der Waals surface area contributed by atoms with Gasteiger partial charge in [-0.1, -0.05) is 18.2 Å². The van der Waals surface area contributed by atoms with Gasteiger partial charge >= 0.3 is 0 Å². The molecule has 1 amide bonds. The zero-order valence-corrected chi connectivity index (χ0v) is 14.4. The van der Waals surface area contributed by atoms with Crippen LogP contribution >= 0.6 is 0 Å². The Balaban J connectivity index is 1.80. The predicted octanol–water partition coefficient (Wildman–Crippen LogP) is 1.85. The summed E-state index contributed by atoms with van der Waals surface area (Å²) in [6, 6.07) is 10.4. The van der Waals surface area contributed by atoms with Crippen molar-refractivity contribution in [2.45, 2.75) is 19.4 Å². The van der Waals surface area contributed by atoms with Crippen molar-refractivity contribution in [1.82, 2.24) is 20.2 Å². The first-order valence-corrected chi connectivity index (χ1v) is 8.18. The van der Waals surface area contributed by atoms with Crippen LogP contribution in [0.15, 0.2) is 36.7 Å². The lowest BCUT2D eigenvalue weighted by Crippen LogP contribution is -2.32. The van der Waals surface area contributed by atoms with E-state index >= 15 is 0 Å². The Hall–Kier alpha value is -2.47. The molecule has 1 atom stereocenters. The van der Waals surface area contributed by atoms with Gasteiger partial charge in [0.25, 0.3) is 5.91 Å². The minimum absolute atomic E-state index is 0.166. The number of anilines is 2. The monoisotopic (exact) mass is 325 g/mol. The first-order valence-electron chi connectivity index (χ1n) is 8.18. The molecule has 6 heteroatoms. The van der Waals surface area contributed by atoms with E-state index in [-0.39, 0.29) is 5.91 Å². The third-order valence-corrected chi connectivity index (χ3v) is 4.18. The number of carbonyl (C=O) groups excluding carboxylic acids is 1. The van der Waals surface area contributed by atoms with Crippen LogP contribution < -0.4 is 10.2 Å². The first-order chi connectivity index (χ1) is 11.6. The highest BCUT2D eigenvalue weighted by Gasteiger charge is 2.28. The van der Waals surface area contributed by atoms with Gasteiger partial charge in [-0.3, -0.25) is 4.79 Å². The number of benzene rings is 1. The molecular weight excluding hydrogens is 302 g/mol. The first kappa shape index (κ1) is 16.4. The van der Waals surface area contributed by atoms with Crippen LogP contribution in [0.3, 0.4) is 0 Å². The summed E-state index contributed by atoms with van der Waals surface area (Å²) in [5, 5.41) is 2.89. The van der Waals surface area contributed by atoms with E-state index in [2.05, 4.69) is 45.3 Å². The molecular formula is C18H23N5O. The van der Waals surface area contributed by atoms with Crippen molar-refractivity contribution in [3.8, 4) is 0 Å². The Kier molecular flexibility index (Phi) is 4.76. The van der Waals surface area contributed by atoms with Crippen molar-refractivity contribution in [1.29, 1.82) is 0 Å². The quantitative estimate of drug-likeness (QED) is 0.909. The number of fused-ring (bicyclic) bond motifs is 1. The fraction of sp³-hybridized carbons (Fsp3) is 0.389. The lowest BCUT2D eigenvalue weighted by molar-refractivity contribution is 0.0946. The van der Waals surface area contributed by atoms with E-state index in [0.29, 0.717) is 18.3 Å². The van der Waals surface area contributed by atoms with E-state index in [1.54, 1.807) is 6.07 Å². The van der Waals surface area contributed by atoms with Crippen LogP contribution in [0.4, 0.5) is 11.5 Å². The number of amides is 1. The van der Waals surface area contributed by atoms with Gasteiger partial charge in [-0.15, -0.1) is 0 Å². The summed E-state index contributed by atoms with van der Waals surface area (Å²) in [6.07, 6.45) is 2.44. The van der Waals surface area contributed by atoms with Crippen LogP contribution in [0.1, 0.15) is 23.0 Å². The Morgan fingerprint density at radius 3 is 2.92 bits per heavy atom. The highest BCUT2D eigenvalue weighted by molar-refractivity contribution is 5.93. The van der Waals surface area contributed by atoms with Gasteiger partial charge in [0.2, 0.25) is 0 Å². The predicted molar refractivity (Wildman–Crippen MR) is 94.7 cm³/mol. The fourth-order valence-electron chi connectivity index (χ4n) is 3.00. The Morgan fingerprint density at radius 2 is 2.12 bits per heavy atom. The maximum Gasteiger partial charge on any atom is 0.270 e. The molecule has 0 fully saturated rings. The maximum atomic E-state index is 12.3. The summed E-state index contributed by atoms with van der Waals surface area (Å²) in [6.45, 7) is 3.55. The van der Waals surface area contributed by atoms with Crippen LogP contribution in [0.5, 0.6) is 0 Å². The van der Waals surface area contributed by atoms with E-state index < -0.39 is 0 Å². The molecule has 6 nitrogen and oxygen atoms in total. The summed E-state index contributed by atoms with van der Waals surface area (Å²) < 4.78 is 0. The largest absolute Gasteiger partial charge is 0.349 e. The van der Waals surface area contributed by atoms with Crippen molar-refractivity contribution in [3.63, 3.8) is 0 Å². The van der Waals surface area contributed by atoms with E-state index in [9.17, 15) is 4.79 Å². The summed E-state index contributed by atoms with van der Waals surface area (Å²) in [5.41, 5.74) is 2.86. The van der Waals surface area contributed by atoms with Crippen LogP contribution in [0.25, 0.3) is 0 Å². The van der Waals surface area contributed by atoms with Crippen molar-refractivity contribution in [3.05, 3.63) is 47.9 Å². The van der Waals surface area contributed by atoms with Crippen molar-refractivity contribution in [2.24, 2.45) is 0 Å². The third kappa shape index (κ3) is 3.38. The Morgan fingerprint density at radius 1 is 1.33 bits per heavy atom. The molecule has 2 aromatic rings. The smallest absolute Gasteiger partial charge is 0.270 e. The second-order valence-corrected chi connectivity index (χ2v) is 6.37. The van der Waals surface area contributed by atoms with Gasteiger partial charge < -0.3 is 15.1 Å². The average molecular weight is 325 g/mol. The molecule has 1 aliphatic heterocycles. The molecule has 1 aromatic carbocycles. The van der Waals surface area contributed by atoms with Gasteiger partial charge in [-0.2, -0.15) is 0 Å². The van der Waals surface area contributed by atoms with E-state index in [0.717, 1.165) is 24.5 Å². The molecule has 0 saturated carbocycles. The van der Waals surface area contributed by atoms with E-state index in [1.165, 1.54) is 11.9 Å². The number of para-hydroxylation sites is 1. The molecule has 0 radical (unpaired) electrons. The van der Waals surface area contributed by atoms with Gasteiger partial charge in [0.15, 0.2) is 0 Å². The zero-order valence-electron chi connectivity index (χ0n) is 14.4. The second kappa shape index (κ2) is 6.97. The van der Waals surface area contributed by atoms with E-state index in [4.69, 9.17) is 0 Å². The summed E-state index contributed by atoms with van der Waals surface area (Å²) >= 11 is 0. The van der Waals surface area contributed by atoms with Gasteiger partial charge in [0.05, 0.1) is 0 Å². The molecule has 0 saturated heterocycles. The van der Waals surface area contributed by atoms with Gasteiger partial charge in [0, 0.05) is 30.9 Å². The lowest BCUT2D eigenvalue weighted by atomic mass is 10.1. The highest BCUT2D eigenvalue weighted by Crippen LogP contribution is 2.36. The molecule has 2 heterocycles. The normalized spacial score (nSPS) is 16.3. The van der Waals surface area contributed by atoms with Crippen molar-refractivity contribution >= 4 is 17.4 Å². The number of hydrogen-bond donors (Lipinski definition) is 1. The average Bonchev–Trinajstić information content (AvgIpc) is 2.90. The highest BCUT2D eigenvalue weighted by atomic mass is 16.1. The van der Waals surface area contributed by atoms with Crippen molar-refractivity contribution in [2.75, 3.05) is 32.1 Å². The standard InChI is InChI=1S/C18H23N5O/c1-13-10-14-6-4-5-7-16(14)23(13)17-11-15(20-12-21-17)18(24)19-8-9-22(2)3/h4-7,11-13H,8-10H2,1-3H3,(H,19,24). The molecule has 3 rings (SSSR count). The lowest BCUT2D eigenvalue weighted by Gasteiger charge is -2.23. The third-order valence-electron chi connectivity index (χ3n) is 4.18. The number of carbonyl (C=O) groups is 1.